The van der Waals surface area contributed by atoms with Gasteiger partial charge in [0.05, 0.1) is 23.2 Å². The van der Waals surface area contributed by atoms with Crippen molar-refractivity contribution in [2.24, 2.45) is 0 Å². The third-order valence-electron chi connectivity index (χ3n) is 4.98. The smallest absolute Gasteiger partial charge is 0.279 e. The summed E-state index contributed by atoms with van der Waals surface area (Å²) in [7, 11) is 1.49. The average molecular weight is 473 g/mol. The fourth-order valence-electron chi connectivity index (χ4n) is 3.32. The van der Waals surface area contributed by atoms with Gasteiger partial charge in [0.25, 0.3) is 11.6 Å². The second-order valence-corrected chi connectivity index (χ2v) is 8.04. The van der Waals surface area contributed by atoms with Crippen molar-refractivity contribution in [1.82, 2.24) is 20.4 Å². The van der Waals surface area contributed by atoms with Crippen LogP contribution in [0.4, 0.5) is 5.69 Å². The quantitative estimate of drug-likeness (QED) is 0.260. The molecule has 1 N–H and O–H groups in total. The summed E-state index contributed by atoms with van der Waals surface area (Å²) in [6, 6.07) is 18.4. The molecule has 34 heavy (non-hydrogen) atoms. The Labute approximate surface area is 196 Å². The Hall–Kier alpha value is -4.64. The lowest BCUT2D eigenvalue weighted by Crippen LogP contribution is -1.90. The molecule has 0 spiro atoms. The standard InChI is InChI=1S/C23H15N5O5S/c1-32-19-12-15(29)10-11-17(19)21-25-24-20(33-21)13-6-8-14(9-7-13)22-26-27-23(34-22)16-4-2-3-5-18(16)28(30)31/h2-12,29H,1H3. The number of nitrogens with zero attached hydrogens (tertiary/aromatic N) is 5. The molecule has 5 aromatic rings. The normalized spacial score (nSPS) is 10.9. The van der Waals surface area contributed by atoms with Crippen LogP contribution in [0, 0.1) is 10.1 Å². The molecule has 5 rings (SSSR count). The van der Waals surface area contributed by atoms with E-state index < -0.39 is 4.92 Å². The highest BCUT2D eigenvalue weighted by Crippen LogP contribution is 2.36. The zero-order chi connectivity index (χ0) is 23.7. The van der Waals surface area contributed by atoms with Crippen LogP contribution in [0.15, 0.2) is 71.1 Å². The molecule has 10 nitrogen and oxygen atoms in total. The van der Waals surface area contributed by atoms with Gasteiger partial charge in [-0.15, -0.1) is 20.4 Å². The third kappa shape index (κ3) is 3.95. The molecule has 0 aliphatic carbocycles. The summed E-state index contributed by atoms with van der Waals surface area (Å²) < 4.78 is 11.1. The Morgan fingerprint density at radius 1 is 0.882 bits per heavy atom. The Morgan fingerprint density at radius 3 is 2.35 bits per heavy atom. The number of hydrogen-bond donors (Lipinski definition) is 1. The number of para-hydroxylation sites is 1. The summed E-state index contributed by atoms with van der Waals surface area (Å²) in [6.45, 7) is 0. The maximum atomic E-state index is 11.3. The number of hydrogen-bond acceptors (Lipinski definition) is 10. The molecule has 0 saturated heterocycles. The van der Waals surface area contributed by atoms with E-state index in [2.05, 4.69) is 20.4 Å². The first kappa shape index (κ1) is 21.2. The van der Waals surface area contributed by atoms with Crippen molar-refractivity contribution in [3.63, 3.8) is 0 Å². The minimum atomic E-state index is -0.433. The Bertz CT molecular complexity index is 1500. The number of nitro groups is 1. The topological polar surface area (TPSA) is 137 Å². The van der Waals surface area contributed by atoms with Gasteiger partial charge in [0.15, 0.2) is 5.01 Å². The Kier molecular flexibility index (Phi) is 5.44. The predicted molar refractivity (Wildman–Crippen MR) is 124 cm³/mol. The molecule has 0 radical (unpaired) electrons. The molecular formula is C23H15N5O5S. The van der Waals surface area contributed by atoms with Crippen LogP contribution in [0.5, 0.6) is 11.5 Å². The van der Waals surface area contributed by atoms with Gasteiger partial charge in [-0.1, -0.05) is 35.6 Å². The number of nitro benzene ring substituents is 1. The van der Waals surface area contributed by atoms with Crippen LogP contribution in [0.1, 0.15) is 0 Å². The third-order valence-corrected chi connectivity index (χ3v) is 5.98. The molecule has 0 aliphatic heterocycles. The van der Waals surface area contributed by atoms with Crippen molar-refractivity contribution in [2.45, 2.75) is 0 Å². The maximum Gasteiger partial charge on any atom is 0.279 e. The molecule has 0 saturated carbocycles. The van der Waals surface area contributed by atoms with Crippen LogP contribution < -0.4 is 4.74 Å². The van der Waals surface area contributed by atoms with Crippen LogP contribution in [0.25, 0.3) is 44.1 Å². The molecule has 3 aromatic carbocycles. The second-order valence-electron chi connectivity index (χ2n) is 7.06. The van der Waals surface area contributed by atoms with Gasteiger partial charge >= 0.3 is 0 Å². The van der Waals surface area contributed by atoms with Gasteiger partial charge in [-0.05, 0) is 30.3 Å². The number of benzene rings is 3. The van der Waals surface area contributed by atoms with Gasteiger partial charge in [-0.2, -0.15) is 0 Å². The van der Waals surface area contributed by atoms with E-state index in [1.807, 2.05) is 24.3 Å². The van der Waals surface area contributed by atoms with Crippen molar-refractivity contribution in [3.8, 4) is 55.5 Å². The Balaban J connectivity index is 1.40. The predicted octanol–water partition coefficient (Wildman–Crippen LogP) is 5.21. The van der Waals surface area contributed by atoms with Crippen molar-refractivity contribution in [1.29, 1.82) is 0 Å². The fourth-order valence-corrected chi connectivity index (χ4v) is 4.21. The van der Waals surface area contributed by atoms with E-state index in [0.29, 0.717) is 38.3 Å². The summed E-state index contributed by atoms with van der Waals surface area (Å²) in [4.78, 5) is 10.9. The fraction of sp³-hybridized carbons (Fsp3) is 0.0435. The van der Waals surface area contributed by atoms with Gasteiger partial charge < -0.3 is 14.3 Å². The van der Waals surface area contributed by atoms with Crippen LogP contribution in [-0.2, 0) is 0 Å². The van der Waals surface area contributed by atoms with Gasteiger partial charge in [-0.3, -0.25) is 10.1 Å². The largest absolute Gasteiger partial charge is 0.508 e. The molecule has 0 amide bonds. The molecular weight excluding hydrogens is 458 g/mol. The van der Waals surface area contributed by atoms with Crippen molar-refractivity contribution in [2.75, 3.05) is 7.11 Å². The number of aromatic nitrogens is 4. The maximum absolute atomic E-state index is 11.3. The molecule has 2 aromatic heterocycles. The van der Waals surface area contributed by atoms with Gasteiger partial charge in [0.1, 0.15) is 16.5 Å². The van der Waals surface area contributed by atoms with Crippen LogP contribution in [0.3, 0.4) is 0 Å². The van der Waals surface area contributed by atoms with E-state index in [1.165, 1.54) is 36.6 Å². The summed E-state index contributed by atoms with van der Waals surface area (Å²) in [5, 5.41) is 38.6. The van der Waals surface area contributed by atoms with E-state index in [-0.39, 0.29) is 17.3 Å². The van der Waals surface area contributed by atoms with Gasteiger partial charge in [0.2, 0.25) is 5.89 Å². The first-order chi connectivity index (χ1) is 16.5. The van der Waals surface area contributed by atoms with E-state index >= 15 is 0 Å². The van der Waals surface area contributed by atoms with E-state index in [1.54, 1.807) is 24.3 Å². The summed E-state index contributed by atoms with van der Waals surface area (Å²) in [6.07, 6.45) is 0. The highest BCUT2D eigenvalue weighted by molar-refractivity contribution is 7.18. The molecule has 2 heterocycles. The Morgan fingerprint density at radius 2 is 1.59 bits per heavy atom. The van der Waals surface area contributed by atoms with E-state index in [4.69, 9.17) is 9.15 Å². The molecule has 11 heteroatoms. The summed E-state index contributed by atoms with van der Waals surface area (Å²) in [5.41, 5.74) is 2.47. The lowest BCUT2D eigenvalue weighted by molar-refractivity contribution is -0.384. The molecule has 0 fully saturated rings. The minimum absolute atomic E-state index is 0.0157. The molecule has 0 bridgehead atoms. The number of ether oxygens (including phenoxy) is 1. The average Bonchev–Trinajstić information content (AvgIpc) is 3.54. The first-order valence-corrected chi connectivity index (χ1v) is 10.7. The number of methoxy groups -OCH3 is 1. The molecule has 0 atom stereocenters. The highest BCUT2D eigenvalue weighted by Gasteiger charge is 2.19. The SMILES string of the molecule is COc1cc(O)ccc1-c1nnc(-c2ccc(-c3nnc(-c4ccccc4[N+](=O)[O-])s3)cc2)o1. The number of phenolic OH excluding ortho intramolecular Hbond substituents is 1. The van der Waals surface area contributed by atoms with Crippen molar-refractivity contribution >= 4 is 17.0 Å². The molecule has 0 unspecified atom stereocenters. The number of aromatic hydroxyl groups is 1. The zero-order valence-electron chi connectivity index (χ0n) is 17.6. The van der Waals surface area contributed by atoms with Crippen molar-refractivity contribution in [3.05, 3.63) is 76.8 Å². The van der Waals surface area contributed by atoms with E-state index in [0.717, 1.165) is 5.56 Å². The summed E-state index contributed by atoms with van der Waals surface area (Å²) in [5.74, 6) is 1.05. The van der Waals surface area contributed by atoms with Crippen LogP contribution in [0.2, 0.25) is 0 Å². The monoisotopic (exact) mass is 473 g/mol. The van der Waals surface area contributed by atoms with Crippen molar-refractivity contribution < 1.29 is 19.2 Å². The number of rotatable bonds is 6. The summed E-state index contributed by atoms with van der Waals surface area (Å²) >= 11 is 1.27. The zero-order valence-corrected chi connectivity index (χ0v) is 18.4. The van der Waals surface area contributed by atoms with Crippen LogP contribution in [-0.4, -0.2) is 37.5 Å². The minimum Gasteiger partial charge on any atom is -0.508 e. The van der Waals surface area contributed by atoms with Gasteiger partial charge in [-0.25, -0.2) is 0 Å². The van der Waals surface area contributed by atoms with E-state index in [9.17, 15) is 15.2 Å². The van der Waals surface area contributed by atoms with Crippen LogP contribution >= 0.6 is 11.3 Å². The lowest BCUT2D eigenvalue weighted by Gasteiger charge is -2.04. The number of phenols is 1. The first-order valence-electron chi connectivity index (χ1n) is 9.92. The second kappa shape index (κ2) is 8.71. The highest BCUT2D eigenvalue weighted by atomic mass is 32.1. The van der Waals surface area contributed by atoms with Gasteiger partial charge in [0, 0.05) is 23.3 Å². The molecule has 0 aliphatic rings. The lowest BCUT2D eigenvalue weighted by atomic mass is 10.1. The molecule has 168 valence electrons.